The number of carboxylic acid groups (broad SMARTS) is 1. The summed E-state index contributed by atoms with van der Waals surface area (Å²) in [5.74, 6) is -0.825. The number of rotatable bonds is 6. The Hall–Kier alpha value is -3.79. The summed E-state index contributed by atoms with van der Waals surface area (Å²) in [6, 6.07) is 23.3. The van der Waals surface area contributed by atoms with Crippen LogP contribution in [0.15, 0.2) is 97.6 Å². The predicted molar refractivity (Wildman–Crippen MR) is 113 cm³/mol. The van der Waals surface area contributed by atoms with Crippen LogP contribution in [0.3, 0.4) is 0 Å². The Kier molecular flexibility index (Phi) is 5.43. The number of pyridine rings is 2. The van der Waals surface area contributed by atoms with Crippen molar-refractivity contribution in [1.29, 1.82) is 0 Å². The van der Waals surface area contributed by atoms with Gasteiger partial charge in [0.15, 0.2) is 0 Å². The summed E-state index contributed by atoms with van der Waals surface area (Å²) < 4.78 is 0. The van der Waals surface area contributed by atoms with E-state index in [0.29, 0.717) is 0 Å². The third-order valence-electron chi connectivity index (χ3n) is 5.04. The molecule has 0 bridgehead atoms. The number of aromatic nitrogens is 2. The molecule has 0 amide bonds. The lowest BCUT2D eigenvalue weighted by atomic mass is 9.85. The Labute approximate surface area is 169 Å². The van der Waals surface area contributed by atoms with Crippen molar-refractivity contribution in [3.05, 3.63) is 120 Å². The van der Waals surface area contributed by atoms with Crippen molar-refractivity contribution in [3.8, 4) is 11.1 Å². The van der Waals surface area contributed by atoms with E-state index in [4.69, 9.17) is 0 Å². The normalized spacial score (nSPS) is 10.8. The van der Waals surface area contributed by atoms with Crippen molar-refractivity contribution in [3.63, 3.8) is 0 Å². The van der Waals surface area contributed by atoms with Gasteiger partial charge >= 0.3 is 5.97 Å². The summed E-state index contributed by atoms with van der Waals surface area (Å²) in [6.45, 7) is 0. The van der Waals surface area contributed by atoms with E-state index in [2.05, 4.69) is 28.2 Å². The molecule has 0 fully saturated rings. The van der Waals surface area contributed by atoms with Crippen LogP contribution in [0.25, 0.3) is 11.1 Å². The van der Waals surface area contributed by atoms with E-state index in [0.717, 1.165) is 34.2 Å². The Morgan fingerprint density at radius 3 is 2.14 bits per heavy atom. The molecule has 1 N–H and O–H groups in total. The molecule has 0 unspecified atom stereocenters. The monoisotopic (exact) mass is 380 g/mol. The summed E-state index contributed by atoms with van der Waals surface area (Å²) in [4.78, 5) is 20.0. The molecule has 4 aromatic rings. The van der Waals surface area contributed by atoms with Gasteiger partial charge in [-0.1, -0.05) is 48.5 Å². The van der Waals surface area contributed by atoms with Crippen LogP contribution in [0.4, 0.5) is 0 Å². The van der Waals surface area contributed by atoms with Crippen molar-refractivity contribution < 1.29 is 9.90 Å². The van der Waals surface area contributed by atoms with Gasteiger partial charge in [-0.2, -0.15) is 0 Å². The van der Waals surface area contributed by atoms with Gasteiger partial charge < -0.3 is 5.11 Å². The molecular formula is C25H20N2O2. The van der Waals surface area contributed by atoms with Crippen molar-refractivity contribution in [2.45, 2.75) is 12.3 Å². The van der Waals surface area contributed by atoms with Crippen LogP contribution < -0.4 is 0 Å². The van der Waals surface area contributed by atoms with Crippen molar-refractivity contribution in [2.75, 3.05) is 0 Å². The maximum Gasteiger partial charge on any atom is 0.335 e. The second kappa shape index (κ2) is 8.48. The molecule has 0 aliphatic rings. The summed E-state index contributed by atoms with van der Waals surface area (Å²) >= 11 is 0. The number of carboxylic acids is 1. The fourth-order valence-electron chi connectivity index (χ4n) is 3.61. The molecule has 0 saturated heterocycles. The third-order valence-corrected chi connectivity index (χ3v) is 5.04. The molecule has 0 radical (unpaired) electrons. The van der Waals surface area contributed by atoms with Crippen molar-refractivity contribution in [1.82, 2.24) is 9.97 Å². The quantitative estimate of drug-likeness (QED) is 0.498. The van der Waals surface area contributed by atoms with Gasteiger partial charge in [0.2, 0.25) is 0 Å². The average molecular weight is 380 g/mol. The van der Waals surface area contributed by atoms with E-state index in [1.54, 1.807) is 30.6 Å². The molecule has 4 nitrogen and oxygen atoms in total. The zero-order chi connectivity index (χ0) is 20.1. The second-order valence-corrected chi connectivity index (χ2v) is 6.87. The fourth-order valence-corrected chi connectivity index (χ4v) is 3.61. The van der Waals surface area contributed by atoms with Crippen LogP contribution in [-0.4, -0.2) is 21.0 Å². The molecule has 0 atom stereocenters. The molecule has 0 spiro atoms. The zero-order valence-corrected chi connectivity index (χ0v) is 15.8. The molecule has 2 aromatic heterocycles. The number of hydrogen-bond donors (Lipinski definition) is 1. The summed E-state index contributed by atoms with van der Waals surface area (Å²) in [6.07, 6.45) is 8.09. The molecule has 4 rings (SSSR count). The van der Waals surface area contributed by atoms with Gasteiger partial charge in [0.05, 0.1) is 5.56 Å². The minimum absolute atomic E-state index is 0.0983. The van der Waals surface area contributed by atoms with Gasteiger partial charge in [-0.3, -0.25) is 9.97 Å². The molecule has 142 valence electrons. The van der Waals surface area contributed by atoms with E-state index in [1.807, 2.05) is 48.8 Å². The van der Waals surface area contributed by atoms with Crippen LogP contribution >= 0.6 is 0 Å². The SMILES string of the molecule is O=C(O)c1cccc(-c2ccccc2CC(c2cccnc2)c2cccnc2)c1. The summed E-state index contributed by atoms with van der Waals surface area (Å²) in [5, 5.41) is 9.35. The molecule has 2 heterocycles. The van der Waals surface area contributed by atoms with Crippen molar-refractivity contribution in [2.24, 2.45) is 0 Å². The topological polar surface area (TPSA) is 63.1 Å². The molecule has 0 aliphatic heterocycles. The highest BCUT2D eigenvalue weighted by atomic mass is 16.4. The van der Waals surface area contributed by atoms with Gasteiger partial charge in [0.25, 0.3) is 0 Å². The lowest BCUT2D eigenvalue weighted by Crippen LogP contribution is -2.07. The standard InChI is InChI=1S/C25H20N2O2/c28-25(29)20-8-3-7-18(14-20)23-11-2-1-6-19(23)15-24(21-9-4-12-26-16-21)22-10-5-13-27-17-22/h1-14,16-17,24H,15H2,(H,28,29). The molecule has 4 heteroatoms. The highest BCUT2D eigenvalue weighted by molar-refractivity contribution is 5.89. The Morgan fingerprint density at radius 1 is 0.828 bits per heavy atom. The van der Waals surface area contributed by atoms with E-state index in [1.165, 1.54) is 0 Å². The Morgan fingerprint density at radius 2 is 1.52 bits per heavy atom. The first-order chi connectivity index (χ1) is 14.2. The predicted octanol–water partition coefficient (Wildman–Crippen LogP) is 5.22. The zero-order valence-electron chi connectivity index (χ0n) is 15.8. The number of benzene rings is 2. The van der Waals surface area contributed by atoms with E-state index in [-0.39, 0.29) is 11.5 Å². The van der Waals surface area contributed by atoms with E-state index in [9.17, 15) is 9.90 Å². The third kappa shape index (κ3) is 4.22. The summed E-state index contributed by atoms with van der Waals surface area (Å²) in [5.41, 5.74) is 5.61. The minimum atomic E-state index is -0.923. The minimum Gasteiger partial charge on any atom is -0.478 e. The Balaban J connectivity index is 1.77. The first-order valence-corrected chi connectivity index (χ1v) is 9.44. The Bertz CT molecular complexity index is 1070. The smallest absolute Gasteiger partial charge is 0.335 e. The molecule has 0 saturated carbocycles. The molecule has 0 aliphatic carbocycles. The second-order valence-electron chi connectivity index (χ2n) is 6.87. The van der Waals surface area contributed by atoms with Gasteiger partial charge in [0, 0.05) is 30.7 Å². The van der Waals surface area contributed by atoms with Crippen LogP contribution in [0.2, 0.25) is 0 Å². The molecule has 29 heavy (non-hydrogen) atoms. The number of carbonyl (C=O) groups is 1. The molecular weight excluding hydrogens is 360 g/mol. The average Bonchev–Trinajstić information content (AvgIpc) is 2.79. The number of aromatic carboxylic acids is 1. The lowest BCUT2D eigenvalue weighted by Gasteiger charge is -2.20. The maximum absolute atomic E-state index is 11.4. The van der Waals surface area contributed by atoms with Gasteiger partial charge in [-0.15, -0.1) is 0 Å². The van der Waals surface area contributed by atoms with Gasteiger partial charge in [-0.05, 0) is 58.5 Å². The van der Waals surface area contributed by atoms with E-state index < -0.39 is 5.97 Å². The first-order valence-electron chi connectivity index (χ1n) is 9.44. The van der Waals surface area contributed by atoms with Gasteiger partial charge in [0.1, 0.15) is 0 Å². The van der Waals surface area contributed by atoms with Gasteiger partial charge in [-0.25, -0.2) is 4.79 Å². The number of nitrogens with zero attached hydrogens (tertiary/aromatic N) is 2. The lowest BCUT2D eigenvalue weighted by molar-refractivity contribution is 0.0697. The number of hydrogen-bond acceptors (Lipinski definition) is 3. The van der Waals surface area contributed by atoms with Crippen LogP contribution in [0, 0.1) is 0 Å². The van der Waals surface area contributed by atoms with Crippen LogP contribution in [0.1, 0.15) is 33.0 Å². The highest BCUT2D eigenvalue weighted by Crippen LogP contribution is 2.32. The largest absolute Gasteiger partial charge is 0.478 e. The molecule has 2 aromatic carbocycles. The van der Waals surface area contributed by atoms with Crippen LogP contribution in [0.5, 0.6) is 0 Å². The fraction of sp³-hybridized carbons (Fsp3) is 0.0800. The first kappa shape index (κ1) is 18.6. The highest BCUT2D eigenvalue weighted by Gasteiger charge is 2.18. The maximum atomic E-state index is 11.4. The van der Waals surface area contributed by atoms with Crippen LogP contribution in [-0.2, 0) is 6.42 Å². The van der Waals surface area contributed by atoms with E-state index >= 15 is 0 Å². The van der Waals surface area contributed by atoms with Crippen molar-refractivity contribution >= 4 is 5.97 Å². The summed E-state index contributed by atoms with van der Waals surface area (Å²) in [7, 11) is 0.